The molecule has 0 atom stereocenters. The van der Waals surface area contributed by atoms with Gasteiger partial charge in [-0.05, 0) is 107 Å². The van der Waals surface area contributed by atoms with E-state index in [1.54, 1.807) is 0 Å². The Balaban J connectivity index is 1.07. The van der Waals surface area contributed by atoms with Crippen LogP contribution in [0.2, 0.25) is 0 Å². The SMILES string of the molecule is c1ccc(-n2c3ccc(-c4ccc5c(c4)c4ccccc4n5-c4cc5cccnc5c5ncccc45)cc3c3c4cccc5c4c(cc32)Sc2ccccc2-5)cc1. The molecular formula is C52H30N4S. The van der Waals surface area contributed by atoms with Gasteiger partial charge in [0.2, 0.25) is 0 Å². The molecule has 57 heavy (non-hydrogen) atoms. The zero-order valence-corrected chi connectivity index (χ0v) is 31.3. The van der Waals surface area contributed by atoms with Crippen molar-refractivity contribution in [2.24, 2.45) is 0 Å². The molecule has 0 unspecified atom stereocenters. The van der Waals surface area contributed by atoms with Crippen LogP contribution in [0.15, 0.2) is 192 Å². The van der Waals surface area contributed by atoms with Gasteiger partial charge in [-0.15, -0.1) is 0 Å². The summed E-state index contributed by atoms with van der Waals surface area (Å²) in [5.74, 6) is 0. The fourth-order valence-corrected chi connectivity index (χ4v) is 10.7. The summed E-state index contributed by atoms with van der Waals surface area (Å²) < 4.78 is 4.86. The van der Waals surface area contributed by atoms with Crippen molar-refractivity contribution in [3.63, 3.8) is 0 Å². The number of hydrogen-bond acceptors (Lipinski definition) is 3. The number of hydrogen-bond donors (Lipinski definition) is 0. The maximum atomic E-state index is 4.83. The lowest BCUT2D eigenvalue weighted by Gasteiger charge is -2.21. The summed E-state index contributed by atoms with van der Waals surface area (Å²) in [7, 11) is 0. The summed E-state index contributed by atoms with van der Waals surface area (Å²) in [5, 5.41) is 9.77. The number of rotatable bonds is 3. The van der Waals surface area contributed by atoms with Gasteiger partial charge in [-0.1, -0.05) is 103 Å². The van der Waals surface area contributed by atoms with Gasteiger partial charge in [0.15, 0.2) is 0 Å². The Morgan fingerprint density at radius 3 is 1.96 bits per heavy atom. The molecule has 0 saturated heterocycles. The van der Waals surface area contributed by atoms with Crippen LogP contribution >= 0.6 is 11.8 Å². The van der Waals surface area contributed by atoms with Crippen LogP contribution in [-0.2, 0) is 0 Å². The van der Waals surface area contributed by atoms with E-state index in [0.717, 1.165) is 38.7 Å². The predicted octanol–water partition coefficient (Wildman–Crippen LogP) is 13.9. The smallest absolute Gasteiger partial charge is 0.0985 e. The maximum absolute atomic E-state index is 4.83. The van der Waals surface area contributed by atoms with E-state index in [-0.39, 0.29) is 0 Å². The number of pyridine rings is 2. The quantitative estimate of drug-likeness (QED) is 0.169. The third-order valence-corrected chi connectivity index (χ3v) is 13.1. The summed E-state index contributed by atoms with van der Waals surface area (Å²) >= 11 is 1.88. The van der Waals surface area contributed by atoms with Crippen LogP contribution < -0.4 is 0 Å². The topological polar surface area (TPSA) is 35.6 Å². The van der Waals surface area contributed by atoms with Crippen LogP contribution in [0.3, 0.4) is 0 Å². The molecule has 0 aliphatic carbocycles. The first kappa shape index (κ1) is 31.0. The normalized spacial score (nSPS) is 12.5. The van der Waals surface area contributed by atoms with Gasteiger partial charge in [-0.2, -0.15) is 0 Å². The lowest BCUT2D eigenvalue weighted by molar-refractivity contribution is 1.18. The highest BCUT2D eigenvalue weighted by Crippen LogP contribution is 2.51. The van der Waals surface area contributed by atoms with Crippen LogP contribution in [0.25, 0.3) is 110 Å². The van der Waals surface area contributed by atoms with Crippen LogP contribution in [0.4, 0.5) is 0 Å². The molecule has 1 aliphatic rings. The molecule has 5 heteroatoms. The van der Waals surface area contributed by atoms with Gasteiger partial charge in [0.1, 0.15) is 0 Å². The molecule has 0 amide bonds. The van der Waals surface area contributed by atoms with Crippen molar-refractivity contribution in [1.29, 1.82) is 0 Å². The Bertz CT molecular complexity index is 3670. The Hall–Kier alpha value is -7.21. The Kier molecular flexibility index (Phi) is 6.35. The van der Waals surface area contributed by atoms with Crippen molar-refractivity contribution in [2.75, 3.05) is 0 Å². The Morgan fingerprint density at radius 1 is 0.386 bits per heavy atom. The zero-order valence-electron chi connectivity index (χ0n) is 30.5. The number of nitrogens with zero attached hydrogens (tertiary/aromatic N) is 4. The van der Waals surface area contributed by atoms with E-state index in [0.29, 0.717) is 0 Å². The van der Waals surface area contributed by atoms with Gasteiger partial charge in [-0.25, -0.2) is 0 Å². The van der Waals surface area contributed by atoms with E-state index in [1.165, 1.54) is 80.9 Å². The van der Waals surface area contributed by atoms with E-state index in [2.05, 4.69) is 167 Å². The number of benzene rings is 8. The van der Waals surface area contributed by atoms with Crippen molar-refractivity contribution < 1.29 is 0 Å². The largest absolute Gasteiger partial charge is 0.309 e. The second-order valence-electron chi connectivity index (χ2n) is 15.0. The molecule has 0 spiro atoms. The summed E-state index contributed by atoms with van der Waals surface area (Å²) in [5.41, 5.74) is 13.9. The fraction of sp³-hybridized carbons (Fsp3) is 0. The van der Waals surface area contributed by atoms with Gasteiger partial charge in [-0.3, -0.25) is 9.97 Å². The van der Waals surface area contributed by atoms with Crippen molar-refractivity contribution in [2.45, 2.75) is 9.79 Å². The third kappa shape index (κ3) is 4.35. The highest BCUT2D eigenvalue weighted by Gasteiger charge is 2.24. The molecule has 0 N–H and O–H groups in total. The van der Waals surface area contributed by atoms with E-state index in [4.69, 9.17) is 9.97 Å². The molecular weight excluding hydrogens is 713 g/mol. The van der Waals surface area contributed by atoms with Gasteiger partial charge < -0.3 is 9.13 Å². The summed E-state index contributed by atoms with van der Waals surface area (Å²) in [6, 6.07) is 62.2. The average molecular weight is 743 g/mol. The van der Waals surface area contributed by atoms with Crippen LogP contribution in [0.1, 0.15) is 0 Å². The minimum absolute atomic E-state index is 0.914. The summed E-state index contributed by atoms with van der Waals surface area (Å²) in [4.78, 5) is 12.2. The lowest BCUT2D eigenvalue weighted by atomic mass is 9.94. The summed E-state index contributed by atoms with van der Waals surface area (Å²) in [6.45, 7) is 0. The lowest BCUT2D eigenvalue weighted by Crippen LogP contribution is -1.97. The highest BCUT2D eigenvalue weighted by atomic mass is 32.2. The van der Waals surface area contributed by atoms with Crippen molar-refractivity contribution >= 4 is 88.0 Å². The zero-order chi connectivity index (χ0) is 37.2. The second kappa shape index (κ2) is 11.7. The molecule has 8 aromatic carbocycles. The monoisotopic (exact) mass is 742 g/mol. The maximum Gasteiger partial charge on any atom is 0.0985 e. The standard InChI is InChI=1S/C52H30N4S/c1-2-12-34(13-3-1)55-44-24-22-32(28-41(44)49-39-17-8-16-37-36-15-5-7-20-47(36)57-48(50(37)39)30-46(49)55)31-21-23-43-40(27-31)35-14-4-6-19-42(35)56(43)45-29-33-11-9-25-53-51(33)52-38(45)18-10-26-54-52/h1-30H. The van der Waals surface area contributed by atoms with Crippen molar-refractivity contribution in [3.05, 3.63) is 182 Å². The highest BCUT2D eigenvalue weighted by molar-refractivity contribution is 7.99. The molecule has 4 nitrogen and oxygen atoms in total. The van der Waals surface area contributed by atoms with Crippen LogP contribution in [-0.4, -0.2) is 19.1 Å². The Labute approximate surface area is 331 Å². The minimum Gasteiger partial charge on any atom is -0.309 e. The van der Waals surface area contributed by atoms with Crippen LogP contribution in [0, 0.1) is 0 Å². The van der Waals surface area contributed by atoms with E-state index in [9.17, 15) is 0 Å². The molecule has 4 aromatic heterocycles. The first-order chi connectivity index (χ1) is 28.3. The second-order valence-corrected chi connectivity index (χ2v) is 16.0. The molecule has 0 radical (unpaired) electrons. The molecule has 264 valence electrons. The third-order valence-electron chi connectivity index (χ3n) is 11.9. The molecule has 13 rings (SSSR count). The number of para-hydroxylation sites is 2. The van der Waals surface area contributed by atoms with Gasteiger partial charge in [0.25, 0.3) is 0 Å². The molecule has 12 aromatic rings. The molecule has 0 fully saturated rings. The van der Waals surface area contributed by atoms with Crippen molar-refractivity contribution in [1.82, 2.24) is 19.1 Å². The van der Waals surface area contributed by atoms with Gasteiger partial charge in [0, 0.05) is 65.6 Å². The van der Waals surface area contributed by atoms with E-state index < -0.39 is 0 Å². The van der Waals surface area contributed by atoms with Crippen LogP contribution in [0.5, 0.6) is 0 Å². The first-order valence-electron chi connectivity index (χ1n) is 19.3. The van der Waals surface area contributed by atoms with Crippen molar-refractivity contribution in [3.8, 4) is 33.6 Å². The molecule has 5 heterocycles. The molecule has 0 saturated carbocycles. The Morgan fingerprint density at radius 2 is 1.07 bits per heavy atom. The minimum atomic E-state index is 0.914. The number of aromatic nitrogens is 4. The fourth-order valence-electron chi connectivity index (χ4n) is 9.54. The summed E-state index contributed by atoms with van der Waals surface area (Å²) in [6.07, 6.45) is 3.71. The van der Waals surface area contributed by atoms with Gasteiger partial charge >= 0.3 is 0 Å². The predicted molar refractivity (Wildman–Crippen MR) is 238 cm³/mol. The van der Waals surface area contributed by atoms with E-state index >= 15 is 0 Å². The molecule has 1 aliphatic heterocycles. The average Bonchev–Trinajstić information content (AvgIpc) is 3.78. The molecule has 0 bridgehead atoms. The first-order valence-corrected chi connectivity index (χ1v) is 20.1. The van der Waals surface area contributed by atoms with E-state index in [1.807, 2.05) is 36.3 Å². The number of fused-ring (bicyclic) bond motifs is 12. The van der Waals surface area contributed by atoms with Gasteiger partial charge in [0.05, 0.1) is 38.8 Å².